The number of carbonyl (C=O) groups is 2. The highest BCUT2D eigenvalue weighted by Crippen LogP contribution is 2.48. The summed E-state index contributed by atoms with van der Waals surface area (Å²) in [6.45, 7) is 10.8. The highest BCUT2D eigenvalue weighted by atomic mass is 16.5. The first-order valence-corrected chi connectivity index (χ1v) is 14.1. The van der Waals surface area contributed by atoms with Crippen LogP contribution in [0.3, 0.4) is 0 Å². The van der Waals surface area contributed by atoms with Gasteiger partial charge < -0.3 is 20.1 Å². The van der Waals surface area contributed by atoms with Gasteiger partial charge in [0.2, 0.25) is 0 Å². The molecule has 7 heteroatoms. The van der Waals surface area contributed by atoms with Gasteiger partial charge in [0.15, 0.2) is 6.10 Å². The molecule has 2 N–H and O–H groups in total. The zero-order valence-corrected chi connectivity index (χ0v) is 24.0. The minimum atomic E-state index is -1.15. The van der Waals surface area contributed by atoms with Crippen LogP contribution >= 0.6 is 0 Å². The smallest absolute Gasteiger partial charge is 0.337 e. The molecular formula is C33H39N3O4. The lowest BCUT2D eigenvalue weighted by Crippen LogP contribution is -2.36. The first-order chi connectivity index (χ1) is 19.0. The molecule has 2 aromatic carbocycles. The van der Waals surface area contributed by atoms with Crippen LogP contribution in [0.15, 0.2) is 54.6 Å². The molecule has 1 saturated heterocycles. The number of aryl methyl sites for hydroxylation is 2. The first-order valence-electron chi connectivity index (χ1n) is 14.1. The quantitative estimate of drug-likeness (QED) is 0.352. The number of hydrogen-bond acceptors (Lipinski definition) is 5. The van der Waals surface area contributed by atoms with Gasteiger partial charge >= 0.3 is 5.97 Å². The third-order valence-electron chi connectivity index (χ3n) is 7.96. The number of benzene rings is 2. The molecule has 1 aliphatic heterocycles. The Morgan fingerprint density at radius 2 is 1.75 bits per heavy atom. The Hall–Kier alpha value is -3.71. The summed E-state index contributed by atoms with van der Waals surface area (Å²) in [6.07, 6.45) is 2.28. The lowest BCUT2D eigenvalue weighted by molar-refractivity contribution is -0.160. The average Bonchev–Trinajstić information content (AvgIpc) is 3.54. The van der Waals surface area contributed by atoms with Gasteiger partial charge in [-0.25, -0.2) is 4.79 Å². The van der Waals surface area contributed by atoms with E-state index < -0.39 is 17.7 Å². The topological polar surface area (TPSA) is 91.8 Å². The van der Waals surface area contributed by atoms with Gasteiger partial charge in [0.05, 0.1) is 11.3 Å². The number of pyridine rings is 1. The predicted octanol–water partition coefficient (Wildman–Crippen LogP) is 6.22. The van der Waals surface area contributed by atoms with E-state index in [9.17, 15) is 14.7 Å². The molecule has 210 valence electrons. The average molecular weight is 542 g/mol. The van der Waals surface area contributed by atoms with Gasteiger partial charge in [0.1, 0.15) is 0 Å². The van der Waals surface area contributed by atoms with Crippen molar-refractivity contribution >= 4 is 17.6 Å². The number of aromatic nitrogens is 1. The second-order valence-corrected chi connectivity index (χ2v) is 12.1. The molecule has 2 bridgehead atoms. The van der Waals surface area contributed by atoms with E-state index in [-0.39, 0.29) is 5.91 Å². The van der Waals surface area contributed by atoms with Crippen LogP contribution in [0, 0.1) is 19.8 Å². The van der Waals surface area contributed by atoms with Crippen LogP contribution in [0.5, 0.6) is 0 Å². The number of fused-ring (bicyclic) bond motifs is 2. The highest BCUT2D eigenvalue weighted by Gasteiger charge is 2.42. The number of rotatable bonds is 8. The van der Waals surface area contributed by atoms with Crippen molar-refractivity contribution in [1.82, 2.24) is 10.3 Å². The molecule has 2 aliphatic rings. The van der Waals surface area contributed by atoms with Crippen LogP contribution in [0.4, 0.5) is 5.69 Å². The standard InChI is InChI=1S/C33H39N3O4/c1-20-27(24-12-14-25(15-13-24)31(37)34-18-22-9-7-6-8-10-22)29(36-19-23-11-16-26(36)17-23)28(21(2)35-20)30(32(38)39)40-33(3,4)5/h6-10,12-15,23,26,30H,11,16-19H2,1-5H3,(H,34,37)(H,38,39)/t23?,26?,30-/m0/s1. The molecule has 0 spiro atoms. The molecule has 2 heterocycles. The Balaban J connectivity index is 1.55. The van der Waals surface area contributed by atoms with E-state index in [1.165, 1.54) is 6.42 Å². The lowest BCUT2D eigenvalue weighted by atomic mass is 9.92. The lowest BCUT2D eigenvalue weighted by Gasteiger charge is -2.36. The summed E-state index contributed by atoms with van der Waals surface area (Å²) >= 11 is 0. The van der Waals surface area contributed by atoms with Crippen molar-refractivity contribution in [3.63, 3.8) is 0 Å². The fourth-order valence-electron chi connectivity index (χ4n) is 6.26. The summed E-state index contributed by atoms with van der Waals surface area (Å²) in [4.78, 5) is 32.8. The van der Waals surface area contributed by atoms with Gasteiger partial charge in [-0.05, 0) is 83.1 Å². The van der Waals surface area contributed by atoms with Crippen molar-refractivity contribution in [1.29, 1.82) is 0 Å². The summed E-state index contributed by atoms with van der Waals surface area (Å²) in [5.41, 5.74) is 5.81. The summed E-state index contributed by atoms with van der Waals surface area (Å²) < 4.78 is 6.17. The van der Waals surface area contributed by atoms with Gasteiger partial charge in [-0.15, -0.1) is 0 Å². The Labute approximate surface area is 236 Å². The second-order valence-electron chi connectivity index (χ2n) is 12.1. The number of piperidine rings is 1. The number of aliphatic carboxylic acids is 1. The number of amides is 1. The Kier molecular flexibility index (Phi) is 7.69. The van der Waals surface area contributed by atoms with Crippen molar-refractivity contribution < 1.29 is 19.4 Å². The number of ether oxygens (including phenoxy) is 1. The summed E-state index contributed by atoms with van der Waals surface area (Å²) in [5.74, 6) is -0.552. The number of nitrogens with zero attached hydrogens (tertiary/aromatic N) is 2. The minimum Gasteiger partial charge on any atom is -0.479 e. The highest BCUT2D eigenvalue weighted by molar-refractivity contribution is 5.95. The predicted molar refractivity (Wildman–Crippen MR) is 156 cm³/mol. The number of anilines is 1. The van der Waals surface area contributed by atoms with Crippen LogP contribution < -0.4 is 10.2 Å². The maximum atomic E-state index is 12.9. The van der Waals surface area contributed by atoms with E-state index in [1.807, 2.05) is 89.2 Å². The molecular weight excluding hydrogens is 502 g/mol. The number of carboxylic acids is 1. The maximum absolute atomic E-state index is 12.9. The SMILES string of the molecule is Cc1nc(C)c([C@H](OC(C)(C)C)C(=O)O)c(N2CC3CCC2C3)c1-c1ccc(C(=O)NCc2ccccc2)cc1. The summed E-state index contributed by atoms with van der Waals surface area (Å²) in [6, 6.07) is 17.7. The molecule has 1 aliphatic carbocycles. The number of hydrogen-bond donors (Lipinski definition) is 2. The van der Waals surface area contributed by atoms with Crippen molar-refractivity contribution in [2.24, 2.45) is 5.92 Å². The maximum Gasteiger partial charge on any atom is 0.337 e. The van der Waals surface area contributed by atoms with E-state index in [1.54, 1.807) is 0 Å². The molecule has 2 unspecified atom stereocenters. The van der Waals surface area contributed by atoms with E-state index in [0.717, 1.165) is 47.5 Å². The molecule has 3 atom stereocenters. The van der Waals surface area contributed by atoms with Crippen LogP contribution in [0.1, 0.15) is 79.0 Å². The van der Waals surface area contributed by atoms with E-state index >= 15 is 0 Å². The van der Waals surface area contributed by atoms with E-state index in [4.69, 9.17) is 9.72 Å². The number of nitrogens with one attached hydrogen (secondary N) is 1. The fourth-order valence-corrected chi connectivity index (χ4v) is 6.26. The first kappa shape index (κ1) is 27.8. The van der Waals surface area contributed by atoms with Crippen molar-refractivity contribution in [3.05, 3.63) is 82.7 Å². The molecule has 40 heavy (non-hydrogen) atoms. The van der Waals surface area contributed by atoms with Gasteiger partial charge in [0, 0.05) is 47.2 Å². The Morgan fingerprint density at radius 1 is 1.05 bits per heavy atom. The molecule has 1 saturated carbocycles. The Morgan fingerprint density at radius 3 is 2.33 bits per heavy atom. The Bertz CT molecular complexity index is 1400. The normalized spacial score (nSPS) is 19.1. The molecule has 3 aromatic rings. The van der Waals surface area contributed by atoms with Crippen LogP contribution in [0.25, 0.3) is 11.1 Å². The van der Waals surface area contributed by atoms with Gasteiger partial charge in [-0.2, -0.15) is 0 Å². The van der Waals surface area contributed by atoms with Gasteiger partial charge in [-0.1, -0.05) is 42.5 Å². The van der Waals surface area contributed by atoms with E-state index in [2.05, 4.69) is 10.2 Å². The molecule has 1 aromatic heterocycles. The minimum absolute atomic E-state index is 0.142. The molecule has 0 radical (unpaired) electrons. The second kappa shape index (κ2) is 11.0. The largest absolute Gasteiger partial charge is 0.479 e. The molecule has 2 fully saturated rings. The number of carboxylic acid groups (broad SMARTS) is 1. The van der Waals surface area contributed by atoms with Crippen molar-refractivity contribution in [2.45, 2.75) is 78.2 Å². The van der Waals surface area contributed by atoms with Crippen molar-refractivity contribution in [2.75, 3.05) is 11.4 Å². The molecule has 7 nitrogen and oxygen atoms in total. The monoisotopic (exact) mass is 541 g/mol. The summed E-state index contributed by atoms with van der Waals surface area (Å²) in [5, 5.41) is 13.3. The summed E-state index contributed by atoms with van der Waals surface area (Å²) in [7, 11) is 0. The molecule has 5 rings (SSSR count). The third kappa shape index (κ3) is 5.75. The van der Waals surface area contributed by atoms with Crippen molar-refractivity contribution in [3.8, 4) is 11.1 Å². The van der Waals surface area contributed by atoms with Crippen LogP contribution in [-0.2, 0) is 16.1 Å². The van der Waals surface area contributed by atoms with Crippen LogP contribution in [-0.4, -0.2) is 40.2 Å². The fraction of sp³-hybridized carbons (Fsp3) is 0.424. The molecule has 1 amide bonds. The van der Waals surface area contributed by atoms with Crippen LogP contribution in [0.2, 0.25) is 0 Å². The zero-order valence-electron chi connectivity index (χ0n) is 24.0. The third-order valence-corrected chi connectivity index (χ3v) is 7.96. The van der Waals surface area contributed by atoms with Gasteiger partial charge in [0.25, 0.3) is 5.91 Å². The number of carbonyl (C=O) groups excluding carboxylic acids is 1. The zero-order chi connectivity index (χ0) is 28.6. The van der Waals surface area contributed by atoms with E-state index in [0.29, 0.717) is 35.3 Å². The van der Waals surface area contributed by atoms with Gasteiger partial charge in [-0.3, -0.25) is 9.78 Å².